The Balaban J connectivity index is 1.97. The van der Waals surface area contributed by atoms with Crippen molar-refractivity contribution in [1.29, 1.82) is 0 Å². The number of amides is 1. The molecule has 2 aliphatic rings. The summed E-state index contributed by atoms with van der Waals surface area (Å²) < 4.78 is 0. The molecule has 0 bridgehead atoms. The van der Waals surface area contributed by atoms with Gasteiger partial charge in [-0.25, -0.2) is 0 Å². The van der Waals surface area contributed by atoms with Gasteiger partial charge >= 0.3 is 0 Å². The van der Waals surface area contributed by atoms with Crippen LogP contribution in [0.4, 0.5) is 0 Å². The average Bonchev–Trinajstić information content (AvgIpc) is 2.45. The van der Waals surface area contributed by atoms with Gasteiger partial charge in [0.15, 0.2) is 0 Å². The maximum absolute atomic E-state index is 11.6. The van der Waals surface area contributed by atoms with Crippen LogP contribution in [0.1, 0.15) is 32.1 Å². The standard InChI is InChI=1S/C10H17NO2S/c12-8-3-1-2-7(4-8)11-6-9(14)5-10(11)13/h7-9,12,14H,1-6H2. The third-order valence-corrected chi connectivity index (χ3v) is 3.54. The lowest BCUT2D eigenvalue weighted by Crippen LogP contribution is -2.41. The van der Waals surface area contributed by atoms with E-state index in [-0.39, 0.29) is 23.3 Å². The molecule has 3 nitrogen and oxygen atoms in total. The summed E-state index contributed by atoms with van der Waals surface area (Å²) in [5.74, 6) is 0.212. The Labute approximate surface area is 89.9 Å². The van der Waals surface area contributed by atoms with Crippen molar-refractivity contribution in [2.45, 2.75) is 49.5 Å². The van der Waals surface area contributed by atoms with Gasteiger partial charge in [-0.3, -0.25) is 4.79 Å². The number of carbonyl (C=O) groups excluding carboxylic acids is 1. The van der Waals surface area contributed by atoms with E-state index in [0.717, 1.165) is 32.2 Å². The first-order chi connectivity index (χ1) is 6.66. The number of aliphatic hydroxyl groups excluding tert-OH is 1. The van der Waals surface area contributed by atoms with Gasteiger partial charge in [-0.15, -0.1) is 0 Å². The molecule has 0 aromatic heterocycles. The normalized spacial score (nSPS) is 39.1. The van der Waals surface area contributed by atoms with Crippen LogP contribution in [0, 0.1) is 0 Å². The number of aliphatic hydroxyl groups is 1. The zero-order valence-corrected chi connectivity index (χ0v) is 9.12. The highest BCUT2D eigenvalue weighted by molar-refractivity contribution is 7.81. The lowest BCUT2D eigenvalue weighted by molar-refractivity contribution is -0.130. The van der Waals surface area contributed by atoms with E-state index in [9.17, 15) is 9.90 Å². The molecule has 0 aromatic carbocycles. The molecule has 2 rings (SSSR count). The summed E-state index contributed by atoms with van der Waals surface area (Å²) in [7, 11) is 0. The maximum Gasteiger partial charge on any atom is 0.224 e. The predicted octanol–water partition coefficient (Wildman–Crippen LogP) is 0.821. The van der Waals surface area contributed by atoms with E-state index < -0.39 is 0 Å². The third-order valence-electron chi connectivity index (χ3n) is 3.20. The van der Waals surface area contributed by atoms with Crippen LogP contribution in [-0.4, -0.2) is 39.9 Å². The predicted molar refractivity (Wildman–Crippen MR) is 57.4 cm³/mol. The zero-order valence-electron chi connectivity index (χ0n) is 8.22. The quantitative estimate of drug-likeness (QED) is 0.636. The van der Waals surface area contributed by atoms with Crippen LogP contribution in [-0.2, 0) is 4.79 Å². The maximum atomic E-state index is 11.6. The average molecular weight is 215 g/mol. The van der Waals surface area contributed by atoms with Crippen LogP contribution in [0.25, 0.3) is 0 Å². The Morgan fingerprint density at radius 2 is 2.21 bits per heavy atom. The van der Waals surface area contributed by atoms with Gasteiger partial charge in [0, 0.05) is 24.3 Å². The van der Waals surface area contributed by atoms with Gasteiger partial charge in [0.05, 0.1) is 6.10 Å². The number of hydrogen-bond donors (Lipinski definition) is 2. The van der Waals surface area contributed by atoms with Crippen LogP contribution in [0.15, 0.2) is 0 Å². The van der Waals surface area contributed by atoms with E-state index in [4.69, 9.17) is 0 Å². The summed E-state index contributed by atoms with van der Waals surface area (Å²) >= 11 is 4.33. The van der Waals surface area contributed by atoms with Gasteiger partial charge < -0.3 is 10.0 Å². The molecule has 1 N–H and O–H groups in total. The molecule has 0 spiro atoms. The first kappa shape index (κ1) is 10.3. The number of nitrogens with zero attached hydrogens (tertiary/aromatic N) is 1. The van der Waals surface area contributed by atoms with Crippen molar-refractivity contribution in [2.75, 3.05) is 6.54 Å². The molecule has 1 aliphatic heterocycles. The first-order valence-corrected chi connectivity index (χ1v) is 5.84. The van der Waals surface area contributed by atoms with Crippen molar-refractivity contribution < 1.29 is 9.90 Å². The van der Waals surface area contributed by atoms with Crippen molar-refractivity contribution in [1.82, 2.24) is 4.90 Å². The molecule has 80 valence electrons. The second-order valence-corrected chi connectivity index (χ2v) is 5.11. The minimum Gasteiger partial charge on any atom is -0.393 e. The fourth-order valence-corrected chi connectivity index (χ4v) is 2.82. The summed E-state index contributed by atoms with van der Waals surface area (Å²) in [5, 5.41) is 9.73. The molecule has 1 aliphatic carbocycles. The molecular formula is C10H17NO2S. The van der Waals surface area contributed by atoms with E-state index in [1.165, 1.54) is 0 Å². The summed E-state index contributed by atoms with van der Waals surface area (Å²) in [6.07, 6.45) is 4.08. The molecule has 1 saturated carbocycles. The smallest absolute Gasteiger partial charge is 0.224 e. The fraction of sp³-hybridized carbons (Fsp3) is 0.900. The number of hydrogen-bond acceptors (Lipinski definition) is 3. The molecular weight excluding hydrogens is 198 g/mol. The zero-order chi connectivity index (χ0) is 10.1. The number of thiol groups is 1. The molecule has 1 saturated heterocycles. The molecule has 2 fully saturated rings. The highest BCUT2D eigenvalue weighted by Gasteiger charge is 2.34. The number of likely N-dealkylation sites (tertiary alicyclic amines) is 1. The van der Waals surface area contributed by atoms with Crippen molar-refractivity contribution in [3.05, 3.63) is 0 Å². The van der Waals surface area contributed by atoms with Crippen LogP contribution in [0.2, 0.25) is 0 Å². The van der Waals surface area contributed by atoms with Crippen LogP contribution < -0.4 is 0 Å². The van der Waals surface area contributed by atoms with Gasteiger partial charge in [0.25, 0.3) is 0 Å². The van der Waals surface area contributed by atoms with E-state index in [2.05, 4.69) is 12.6 Å². The Hall–Kier alpha value is -0.220. The summed E-state index contributed by atoms with van der Waals surface area (Å²) in [6, 6.07) is 0.267. The van der Waals surface area contributed by atoms with Crippen LogP contribution in [0.5, 0.6) is 0 Å². The molecule has 3 unspecified atom stereocenters. The topological polar surface area (TPSA) is 40.5 Å². The molecule has 1 heterocycles. The highest BCUT2D eigenvalue weighted by atomic mass is 32.1. The first-order valence-electron chi connectivity index (χ1n) is 5.32. The number of rotatable bonds is 1. The van der Waals surface area contributed by atoms with Crippen molar-refractivity contribution in [3.63, 3.8) is 0 Å². The Kier molecular flexibility index (Phi) is 3.02. The third kappa shape index (κ3) is 2.06. The van der Waals surface area contributed by atoms with Gasteiger partial charge in [0.2, 0.25) is 5.91 Å². The molecule has 4 heteroatoms. The van der Waals surface area contributed by atoms with Crippen molar-refractivity contribution >= 4 is 18.5 Å². The van der Waals surface area contributed by atoms with E-state index >= 15 is 0 Å². The molecule has 0 radical (unpaired) electrons. The fourth-order valence-electron chi connectivity index (χ4n) is 2.49. The molecule has 1 amide bonds. The second-order valence-electron chi connectivity index (χ2n) is 4.38. The van der Waals surface area contributed by atoms with Crippen LogP contribution >= 0.6 is 12.6 Å². The lowest BCUT2D eigenvalue weighted by atomic mass is 9.92. The largest absolute Gasteiger partial charge is 0.393 e. The SMILES string of the molecule is O=C1CC(S)CN1C1CCCC(O)C1. The van der Waals surface area contributed by atoms with Crippen molar-refractivity contribution in [2.24, 2.45) is 0 Å². The summed E-state index contributed by atoms with van der Waals surface area (Å²) in [5.41, 5.74) is 0. The second kappa shape index (κ2) is 4.11. The molecule has 3 atom stereocenters. The van der Waals surface area contributed by atoms with Crippen LogP contribution in [0.3, 0.4) is 0 Å². The minimum absolute atomic E-state index is 0.196. The molecule has 0 aromatic rings. The minimum atomic E-state index is -0.208. The molecule has 14 heavy (non-hydrogen) atoms. The highest BCUT2D eigenvalue weighted by Crippen LogP contribution is 2.27. The summed E-state index contributed by atoms with van der Waals surface area (Å²) in [6.45, 7) is 0.763. The van der Waals surface area contributed by atoms with E-state index in [0.29, 0.717) is 6.42 Å². The lowest BCUT2D eigenvalue weighted by Gasteiger charge is -2.33. The van der Waals surface area contributed by atoms with Crippen molar-refractivity contribution in [3.8, 4) is 0 Å². The van der Waals surface area contributed by atoms with E-state index in [1.807, 2.05) is 4.90 Å². The van der Waals surface area contributed by atoms with Gasteiger partial charge in [-0.05, 0) is 25.7 Å². The van der Waals surface area contributed by atoms with Gasteiger partial charge in [0.1, 0.15) is 0 Å². The summed E-state index contributed by atoms with van der Waals surface area (Å²) in [4.78, 5) is 13.5. The monoisotopic (exact) mass is 215 g/mol. The van der Waals surface area contributed by atoms with E-state index in [1.54, 1.807) is 0 Å². The Morgan fingerprint density at radius 3 is 2.79 bits per heavy atom. The number of carbonyl (C=O) groups is 1. The Bertz CT molecular complexity index is 234. The van der Waals surface area contributed by atoms with Gasteiger partial charge in [-0.1, -0.05) is 0 Å². The van der Waals surface area contributed by atoms with Gasteiger partial charge in [-0.2, -0.15) is 12.6 Å². The Morgan fingerprint density at radius 1 is 1.43 bits per heavy atom.